The summed E-state index contributed by atoms with van der Waals surface area (Å²) in [6.07, 6.45) is 4.19. The first-order chi connectivity index (χ1) is 6.81. The first kappa shape index (κ1) is 9.94. The number of benzene rings is 1. The predicted octanol–water partition coefficient (Wildman–Crippen LogP) is 2.69. The van der Waals surface area contributed by atoms with Gasteiger partial charge in [-0.2, -0.15) is 0 Å². The van der Waals surface area contributed by atoms with Gasteiger partial charge in [0, 0.05) is 17.1 Å². The van der Waals surface area contributed by atoms with Gasteiger partial charge in [0.1, 0.15) is 0 Å². The molecule has 1 aliphatic carbocycles. The molecule has 1 unspecified atom stereocenters. The van der Waals surface area contributed by atoms with E-state index in [-0.39, 0.29) is 0 Å². The molecule has 0 spiro atoms. The van der Waals surface area contributed by atoms with Gasteiger partial charge in [0.05, 0.1) is 0 Å². The van der Waals surface area contributed by atoms with Crippen molar-refractivity contribution in [2.75, 3.05) is 6.54 Å². The molecule has 0 heterocycles. The molecule has 14 heavy (non-hydrogen) atoms. The van der Waals surface area contributed by atoms with Crippen molar-refractivity contribution in [2.45, 2.75) is 18.9 Å². The fourth-order valence-corrected chi connectivity index (χ4v) is 2.57. The lowest BCUT2D eigenvalue weighted by Crippen LogP contribution is -2.29. The predicted molar refractivity (Wildman–Crippen MR) is 63.5 cm³/mol. The number of nitrogens with one attached hydrogen (secondary N) is 1. The van der Waals surface area contributed by atoms with Crippen LogP contribution in [0.1, 0.15) is 11.1 Å². The zero-order valence-corrected chi connectivity index (χ0v) is 9.68. The second-order valence-electron chi connectivity index (χ2n) is 3.68. The molecule has 1 aromatic rings. The lowest BCUT2D eigenvalue weighted by atomic mass is 10.1. The summed E-state index contributed by atoms with van der Waals surface area (Å²) in [6, 6.07) is 7.03. The van der Waals surface area contributed by atoms with Crippen molar-refractivity contribution in [3.63, 3.8) is 0 Å². The van der Waals surface area contributed by atoms with Crippen LogP contribution in [0.2, 0.25) is 0 Å². The van der Waals surface area contributed by atoms with Crippen LogP contribution < -0.4 is 5.32 Å². The molecule has 0 aromatic heterocycles. The van der Waals surface area contributed by atoms with Gasteiger partial charge in [-0.3, -0.25) is 0 Å². The highest BCUT2D eigenvalue weighted by atomic mass is 79.9. The number of rotatable bonds is 3. The summed E-state index contributed by atoms with van der Waals surface area (Å²) in [6.45, 7) is 4.62. The largest absolute Gasteiger partial charge is 0.310 e. The van der Waals surface area contributed by atoms with Crippen LogP contribution in [0, 0.1) is 0 Å². The Labute approximate surface area is 93.3 Å². The van der Waals surface area contributed by atoms with Gasteiger partial charge in [-0.25, -0.2) is 0 Å². The Morgan fingerprint density at radius 3 is 3.07 bits per heavy atom. The maximum Gasteiger partial charge on any atom is 0.0210 e. The second kappa shape index (κ2) is 4.28. The van der Waals surface area contributed by atoms with Crippen LogP contribution in [-0.4, -0.2) is 12.6 Å². The Kier molecular flexibility index (Phi) is 3.04. The molecule has 0 fully saturated rings. The highest BCUT2D eigenvalue weighted by molar-refractivity contribution is 9.10. The van der Waals surface area contributed by atoms with Crippen molar-refractivity contribution in [3.8, 4) is 0 Å². The Bertz CT molecular complexity index is 346. The third kappa shape index (κ3) is 1.91. The molecule has 1 nitrogen and oxygen atoms in total. The summed E-state index contributed by atoms with van der Waals surface area (Å²) >= 11 is 3.59. The average Bonchev–Trinajstić information content (AvgIpc) is 2.59. The molecule has 1 aliphatic rings. The SMILES string of the molecule is C=CCNC1Cc2cccc(Br)c2C1. The summed E-state index contributed by atoms with van der Waals surface area (Å²) in [5.74, 6) is 0. The molecule has 1 aromatic carbocycles. The molecular formula is C12H14BrN. The quantitative estimate of drug-likeness (QED) is 0.815. The van der Waals surface area contributed by atoms with Crippen LogP contribution in [0.25, 0.3) is 0 Å². The summed E-state index contributed by atoms with van der Waals surface area (Å²) in [4.78, 5) is 0. The molecule has 0 radical (unpaired) electrons. The van der Waals surface area contributed by atoms with Gasteiger partial charge >= 0.3 is 0 Å². The molecule has 1 atom stereocenters. The van der Waals surface area contributed by atoms with E-state index in [2.05, 4.69) is 46.0 Å². The number of fused-ring (bicyclic) bond motifs is 1. The number of hydrogen-bond acceptors (Lipinski definition) is 1. The molecule has 74 valence electrons. The van der Waals surface area contributed by atoms with Gasteiger partial charge in [-0.05, 0) is 30.0 Å². The molecule has 0 bridgehead atoms. The minimum absolute atomic E-state index is 0.585. The molecular weight excluding hydrogens is 238 g/mol. The van der Waals surface area contributed by atoms with Gasteiger partial charge in [-0.15, -0.1) is 6.58 Å². The van der Waals surface area contributed by atoms with Gasteiger partial charge in [0.2, 0.25) is 0 Å². The summed E-state index contributed by atoms with van der Waals surface area (Å²) in [5, 5.41) is 3.47. The van der Waals surface area contributed by atoms with E-state index in [9.17, 15) is 0 Å². The van der Waals surface area contributed by atoms with Crippen LogP contribution in [0.3, 0.4) is 0 Å². The summed E-state index contributed by atoms with van der Waals surface area (Å²) in [7, 11) is 0. The lowest BCUT2D eigenvalue weighted by molar-refractivity contribution is 0.566. The van der Waals surface area contributed by atoms with Crippen LogP contribution in [0.5, 0.6) is 0 Å². The van der Waals surface area contributed by atoms with E-state index in [1.54, 1.807) is 0 Å². The normalized spacial score (nSPS) is 19.4. The zero-order chi connectivity index (χ0) is 9.97. The second-order valence-corrected chi connectivity index (χ2v) is 4.53. The third-order valence-electron chi connectivity index (χ3n) is 2.68. The number of halogens is 1. The van der Waals surface area contributed by atoms with E-state index in [1.807, 2.05) is 6.08 Å². The maximum absolute atomic E-state index is 3.72. The lowest BCUT2D eigenvalue weighted by Gasteiger charge is -2.08. The number of hydrogen-bond donors (Lipinski definition) is 1. The Balaban J connectivity index is 2.10. The monoisotopic (exact) mass is 251 g/mol. The molecule has 0 saturated carbocycles. The fraction of sp³-hybridized carbons (Fsp3) is 0.333. The van der Waals surface area contributed by atoms with Gasteiger partial charge in [-0.1, -0.05) is 34.1 Å². The molecule has 0 aliphatic heterocycles. The zero-order valence-electron chi connectivity index (χ0n) is 8.09. The van der Waals surface area contributed by atoms with Gasteiger partial charge in [0.15, 0.2) is 0 Å². The first-order valence-electron chi connectivity index (χ1n) is 4.92. The fourth-order valence-electron chi connectivity index (χ4n) is 2.00. The topological polar surface area (TPSA) is 12.0 Å². The van der Waals surface area contributed by atoms with Crippen LogP contribution in [0.4, 0.5) is 0 Å². The van der Waals surface area contributed by atoms with E-state index in [4.69, 9.17) is 0 Å². The highest BCUT2D eigenvalue weighted by Crippen LogP contribution is 2.28. The van der Waals surface area contributed by atoms with Crippen molar-refractivity contribution in [1.82, 2.24) is 5.32 Å². The smallest absolute Gasteiger partial charge is 0.0210 e. The molecule has 2 rings (SSSR count). The van der Waals surface area contributed by atoms with E-state index in [0.29, 0.717) is 6.04 Å². The van der Waals surface area contributed by atoms with Crippen LogP contribution in [0.15, 0.2) is 35.3 Å². The first-order valence-corrected chi connectivity index (χ1v) is 5.71. The summed E-state index contributed by atoms with van der Waals surface area (Å²) < 4.78 is 1.25. The van der Waals surface area contributed by atoms with Crippen molar-refractivity contribution >= 4 is 15.9 Å². The molecule has 2 heteroatoms. The van der Waals surface area contributed by atoms with Crippen molar-refractivity contribution in [2.24, 2.45) is 0 Å². The van der Waals surface area contributed by atoms with E-state index < -0.39 is 0 Å². The van der Waals surface area contributed by atoms with Crippen LogP contribution >= 0.6 is 15.9 Å². The van der Waals surface area contributed by atoms with E-state index >= 15 is 0 Å². The van der Waals surface area contributed by atoms with Crippen molar-refractivity contribution < 1.29 is 0 Å². The minimum atomic E-state index is 0.585. The van der Waals surface area contributed by atoms with Crippen molar-refractivity contribution in [3.05, 3.63) is 46.5 Å². The molecule has 0 saturated heterocycles. The van der Waals surface area contributed by atoms with E-state index in [0.717, 1.165) is 19.4 Å². The Morgan fingerprint density at radius 2 is 2.36 bits per heavy atom. The minimum Gasteiger partial charge on any atom is -0.310 e. The Hall–Kier alpha value is -0.600. The Morgan fingerprint density at radius 1 is 1.50 bits per heavy atom. The third-order valence-corrected chi connectivity index (χ3v) is 3.43. The van der Waals surface area contributed by atoms with Gasteiger partial charge < -0.3 is 5.32 Å². The highest BCUT2D eigenvalue weighted by Gasteiger charge is 2.21. The standard InChI is InChI=1S/C12H14BrN/c1-2-6-14-10-7-9-4-3-5-12(13)11(9)8-10/h2-5,10,14H,1,6-8H2. The average molecular weight is 252 g/mol. The van der Waals surface area contributed by atoms with Crippen LogP contribution in [-0.2, 0) is 12.8 Å². The summed E-state index contributed by atoms with van der Waals surface area (Å²) in [5.41, 5.74) is 2.94. The van der Waals surface area contributed by atoms with E-state index in [1.165, 1.54) is 15.6 Å². The maximum atomic E-state index is 3.72. The molecule has 0 amide bonds. The molecule has 1 N–H and O–H groups in total. The van der Waals surface area contributed by atoms with Gasteiger partial charge in [0.25, 0.3) is 0 Å². The van der Waals surface area contributed by atoms with Crippen molar-refractivity contribution in [1.29, 1.82) is 0 Å².